The Hall–Kier alpha value is -3.79. The standard InChI is InChI=1S/C23H21N5O2/c24-15-28-13-21(23(14-28)10-11-23)25-22(29)19-12-18(26-27-19)17-8-4-5-9-20(17)30-16-6-2-1-3-7-16/h1-9,12,21H,10-11,13-14H2,(H,25,29)(H,26,27). The highest BCUT2D eigenvalue weighted by Crippen LogP contribution is 2.52. The molecule has 3 aromatic rings. The SMILES string of the molecule is N#CN1CC(NC(=O)c2cc(-c3ccccc3Oc3ccccc3)[nH]n2)C2(CC2)C1. The molecule has 150 valence electrons. The van der Waals surface area contributed by atoms with Crippen molar-refractivity contribution in [2.45, 2.75) is 18.9 Å². The van der Waals surface area contributed by atoms with E-state index in [1.807, 2.05) is 54.6 Å². The monoisotopic (exact) mass is 399 g/mol. The summed E-state index contributed by atoms with van der Waals surface area (Å²) >= 11 is 0. The zero-order valence-corrected chi connectivity index (χ0v) is 16.3. The third-order valence-electron chi connectivity index (χ3n) is 5.95. The van der Waals surface area contributed by atoms with Gasteiger partial charge in [-0.05, 0) is 43.2 Å². The van der Waals surface area contributed by atoms with Gasteiger partial charge < -0.3 is 15.0 Å². The Balaban J connectivity index is 1.34. The van der Waals surface area contributed by atoms with Crippen LogP contribution in [0, 0.1) is 16.9 Å². The first-order valence-electron chi connectivity index (χ1n) is 10.0. The third kappa shape index (κ3) is 3.37. The predicted molar refractivity (Wildman–Crippen MR) is 111 cm³/mol. The second kappa shape index (κ2) is 7.23. The fraction of sp³-hybridized carbons (Fsp3) is 0.261. The highest BCUT2D eigenvalue weighted by Gasteiger charge is 2.55. The van der Waals surface area contributed by atoms with E-state index in [4.69, 9.17) is 4.74 Å². The van der Waals surface area contributed by atoms with Crippen molar-refractivity contribution in [1.82, 2.24) is 20.4 Å². The van der Waals surface area contributed by atoms with Gasteiger partial charge in [-0.15, -0.1) is 0 Å². The number of benzene rings is 2. The molecule has 1 amide bonds. The van der Waals surface area contributed by atoms with Crippen LogP contribution in [0.2, 0.25) is 0 Å². The molecule has 2 aliphatic rings. The van der Waals surface area contributed by atoms with Crippen molar-refractivity contribution >= 4 is 5.91 Å². The number of hydrogen-bond donors (Lipinski definition) is 2. The summed E-state index contributed by atoms with van der Waals surface area (Å²) in [6, 6.07) is 18.9. The Morgan fingerprint density at radius 1 is 1.20 bits per heavy atom. The molecule has 1 saturated carbocycles. The van der Waals surface area contributed by atoms with E-state index in [2.05, 4.69) is 21.7 Å². The topological polar surface area (TPSA) is 94.0 Å². The average Bonchev–Trinajstić information content (AvgIpc) is 3.23. The van der Waals surface area contributed by atoms with Crippen molar-refractivity contribution in [3.63, 3.8) is 0 Å². The fourth-order valence-electron chi connectivity index (χ4n) is 4.11. The van der Waals surface area contributed by atoms with E-state index < -0.39 is 0 Å². The van der Waals surface area contributed by atoms with Gasteiger partial charge in [-0.3, -0.25) is 9.89 Å². The minimum absolute atomic E-state index is 0.0153. The number of nitrogens with one attached hydrogen (secondary N) is 2. The lowest BCUT2D eigenvalue weighted by molar-refractivity contribution is 0.0922. The maximum absolute atomic E-state index is 12.8. The van der Waals surface area contributed by atoms with E-state index in [1.165, 1.54) is 0 Å². The maximum Gasteiger partial charge on any atom is 0.272 e. The molecular weight excluding hydrogens is 378 g/mol. The number of para-hydroxylation sites is 2. The van der Waals surface area contributed by atoms with Gasteiger partial charge >= 0.3 is 0 Å². The van der Waals surface area contributed by atoms with Crippen LogP contribution in [0.3, 0.4) is 0 Å². The molecule has 2 fully saturated rings. The van der Waals surface area contributed by atoms with Gasteiger partial charge in [0.2, 0.25) is 0 Å². The number of nitrogens with zero attached hydrogens (tertiary/aromatic N) is 3. The number of carbonyl (C=O) groups is 1. The zero-order chi connectivity index (χ0) is 20.6. The van der Waals surface area contributed by atoms with Crippen molar-refractivity contribution in [2.75, 3.05) is 13.1 Å². The van der Waals surface area contributed by atoms with Crippen molar-refractivity contribution in [2.24, 2.45) is 5.41 Å². The number of ether oxygens (including phenoxy) is 1. The van der Waals surface area contributed by atoms with Crippen molar-refractivity contribution in [3.8, 4) is 28.9 Å². The van der Waals surface area contributed by atoms with Crippen LogP contribution in [0.1, 0.15) is 23.3 Å². The van der Waals surface area contributed by atoms with Gasteiger partial charge in [0.25, 0.3) is 5.91 Å². The molecule has 0 bridgehead atoms. The molecule has 2 N–H and O–H groups in total. The quantitative estimate of drug-likeness (QED) is 0.640. The minimum atomic E-state index is -0.227. The summed E-state index contributed by atoms with van der Waals surface area (Å²) in [5, 5.41) is 19.5. The number of H-pyrrole nitrogens is 1. The molecule has 1 spiro atoms. The lowest BCUT2D eigenvalue weighted by Gasteiger charge is -2.17. The summed E-state index contributed by atoms with van der Waals surface area (Å²) in [6.07, 6.45) is 4.30. The van der Waals surface area contributed by atoms with Crippen molar-refractivity contribution in [3.05, 3.63) is 66.4 Å². The van der Waals surface area contributed by atoms with E-state index in [-0.39, 0.29) is 17.4 Å². The Bertz CT molecular complexity index is 1110. The van der Waals surface area contributed by atoms with Crippen LogP contribution in [0.4, 0.5) is 0 Å². The van der Waals surface area contributed by atoms with Gasteiger partial charge in [0, 0.05) is 24.1 Å². The lowest BCUT2D eigenvalue weighted by atomic mass is 10.0. The number of amides is 1. The van der Waals surface area contributed by atoms with Crippen LogP contribution in [0.15, 0.2) is 60.7 Å². The smallest absolute Gasteiger partial charge is 0.272 e. The van der Waals surface area contributed by atoms with Gasteiger partial charge in [0.1, 0.15) is 11.5 Å². The molecular formula is C23H21N5O2. The first kappa shape index (κ1) is 18.3. The number of likely N-dealkylation sites (tertiary alicyclic amines) is 1. The molecule has 2 aromatic carbocycles. The summed E-state index contributed by atoms with van der Waals surface area (Å²) in [7, 11) is 0. The van der Waals surface area contributed by atoms with Gasteiger partial charge in [-0.1, -0.05) is 30.3 Å². The van der Waals surface area contributed by atoms with Crippen LogP contribution in [0.5, 0.6) is 11.5 Å². The van der Waals surface area contributed by atoms with E-state index in [0.717, 1.165) is 30.7 Å². The predicted octanol–water partition coefficient (Wildman–Crippen LogP) is 3.54. The normalized spacial score (nSPS) is 18.8. The second-order valence-corrected chi connectivity index (χ2v) is 7.95. The minimum Gasteiger partial charge on any atom is -0.457 e. The van der Waals surface area contributed by atoms with E-state index in [0.29, 0.717) is 23.7 Å². The Morgan fingerprint density at radius 3 is 2.73 bits per heavy atom. The number of carbonyl (C=O) groups excluding carboxylic acids is 1. The van der Waals surface area contributed by atoms with E-state index >= 15 is 0 Å². The summed E-state index contributed by atoms with van der Waals surface area (Å²) in [6.45, 7) is 1.29. The number of aromatic amines is 1. The first-order valence-corrected chi connectivity index (χ1v) is 10.0. The molecule has 1 aliphatic carbocycles. The van der Waals surface area contributed by atoms with Crippen molar-refractivity contribution in [1.29, 1.82) is 5.26 Å². The molecule has 7 nitrogen and oxygen atoms in total. The van der Waals surface area contributed by atoms with E-state index in [1.54, 1.807) is 11.0 Å². The number of rotatable bonds is 5. The second-order valence-electron chi connectivity index (χ2n) is 7.95. The highest BCUT2D eigenvalue weighted by atomic mass is 16.5. The van der Waals surface area contributed by atoms with Crippen LogP contribution in [-0.4, -0.2) is 40.1 Å². The first-order chi connectivity index (χ1) is 14.7. The number of aromatic nitrogens is 2. The molecule has 1 unspecified atom stereocenters. The molecule has 0 radical (unpaired) electrons. The fourth-order valence-corrected chi connectivity index (χ4v) is 4.11. The highest BCUT2D eigenvalue weighted by molar-refractivity contribution is 5.94. The van der Waals surface area contributed by atoms with Gasteiger partial charge in [-0.25, -0.2) is 0 Å². The van der Waals surface area contributed by atoms with Gasteiger partial charge in [0.05, 0.1) is 11.7 Å². The molecule has 1 atom stereocenters. The maximum atomic E-state index is 12.8. The lowest BCUT2D eigenvalue weighted by Crippen LogP contribution is -2.41. The third-order valence-corrected chi connectivity index (χ3v) is 5.95. The van der Waals surface area contributed by atoms with Gasteiger partial charge in [0.15, 0.2) is 11.9 Å². The summed E-state index contributed by atoms with van der Waals surface area (Å²) in [4.78, 5) is 14.5. The van der Waals surface area contributed by atoms with Crippen LogP contribution in [0.25, 0.3) is 11.3 Å². The Morgan fingerprint density at radius 2 is 1.97 bits per heavy atom. The molecule has 1 aromatic heterocycles. The summed E-state index contributed by atoms with van der Waals surface area (Å²) < 4.78 is 6.02. The van der Waals surface area contributed by atoms with Gasteiger partial charge in [-0.2, -0.15) is 10.4 Å². The number of hydrogen-bond acceptors (Lipinski definition) is 5. The Kier molecular flexibility index (Phi) is 4.40. The Labute approximate surface area is 174 Å². The van der Waals surface area contributed by atoms with Crippen LogP contribution in [-0.2, 0) is 0 Å². The largest absolute Gasteiger partial charge is 0.457 e. The van der Waals surface area contributed by atoms with Crippen LogP contribution < -0.4 is 10.1 Å². The van der Waals surface area contributed by atoms with E-state index in [9.17, 15) is 10.1 Å². The molecule has 30 heavy (non-hydrogen) atoms. The molecule has 7 heteroatoms. The van der Waals surface area contributed by atoms with Crippen molar-refractivity contribution < 1.29 is 9.53 Å². The summed E-state index contributed by atoms with van der Waals surface area (Å²) in [5.41, 5.74) is 1.91. The molecule has 5 rings (SSSR count). The van der Waals surface area contributed by atoms with Crippen LogP contribution >= 0.6 is 0 Å². The molecule has 1 saturated heterocycles. The summed E-state index contributed by atoms with van der Waals surface area (Å²) in [5.74, 6) is 1.19. The number of nitriles is 1. The molecule has 2 heterocycles. The molecule has 1 aliphatic heterocycles. The zero-order valence-electron chi connectivity index (χ0n) is 16.3. The average molecular weight is 399 g/mol.